The van der Waals surface area contributed by atoms with Gasteiger partial charge in [-0.25, -0.2) is 55.5 Å². The number of rotatable bonds is 12. The molecule has 6 aromatic rings. The molecule has 17 nitrogen and oxygen atoms in total. The van der Waals surface area contributed by atoms with Gasteiger partial charge in [0.05, 0.1) is 58.5 Å². The van der Waals surface area contributed by atoms with Crippen molar-refractivity contribution in [2.45, 2.75) is 19.3 Å². The van der Waals surface area contributed by atoms with Gasteiger partial charge in [-0.15, -0.1) is 0 Å². The molecule has 4 aromatic heterocycles. The molecule has 2 aliphatic rings. The van der Waals surface area contributed by atoms with Gasteiger partial charge in [0.1, 0.15) is 35.3 Å². The van der Waals surface area contributed by atoms with Crippen LogP contribution in [0.2, 0.25) is 0 Å². The summed E-state index contributed by atoms with van der Waals surface area (Å²) in [6.45, 7) is 5.25. The molecule has 6 N–H and O–H groups in total. The monoisotopic (exact) mass is 862 g/mol. The third-order valence-corrected chi connectivity index (χ3v) is 12.4. The average Bonchev–Trinajstić information content (AvgIpc) is 3.23. The number of nitrogens with zero attached hydrogens (tertiary/aromatic N) is 8. The van der Waals surface area contributed by atoms with Crippen molar-refractivity contribution in [3.8, 4) is 22.5 Å². The van der Waals surface area contributed by atoms with E-state index in [1.165, 1.54) is 37.3 Å². The van der Waals surface area contributed by atoms with E-state index < -0.39 is 31.7 Å². The number of sulfonamides is 2. The molecule has 0 bridgehead atoms. The lowest BCUT2D eigenvalue weighted by Gasteiger charge is -2.26. The Morgan fingerprint density at radius 2 is 1.05 bits per heavy atom. The fraction of sp³-hybridized carbons (Fsp3) is 0.333. The van der Waals surface area contributed by atoms with Gasteiger partial charge in [0, 0.05) is 37.3 Å². The highest BCUT2D eigenvalue weighted by molar-refractivity contribution is 7.93. The second-order valence-electron chi connectivity index (χ2n) is 14.3. The number of nitrogens with two attached hydrogens (primary N) is 2. The number of benzene rings is 2. The first-order valence-electron chi connectivity index (χ1n) is 19.2. The molecule has 0 amide bonds. The van der Waals surface area contributed by atoms with E-state index in [9.17, 15) is 25.6 Å². The molecular formula is C39H44F2N12O5S2. The van der Waals surface area contributed by atoms with Gasteiger partial charge in [-0.3, -0.25) is 14.3 Å². The first-order valence-corrected chi connectivity index (χ1v) is 22.5. The summed E-state index contributed by atoms with van der Waals surface area (Å²) in [7, 11) is -7.26. The van der Waals surface area contributed by atoms with Gasteiger partial charge in [-0.05, 0) is 86.6 Å². The Labute approximate surface area is 345 Å². The molecule has 316 valence electrons. The van der Waals surface area contributed by atoms with Crippen LogP contribution in [0.5, 0.6) is 0 Å². The molecular weight excluding hydrogens is 819 g/mol. The van der Waals surface area contributed by atoms with Gasteiger partial charge in [-0.1, -0.05) is 6.42 Å². The molecule has 21 heteroatoms. The molecule has 2 fully saturated rings. The quantitative estimate of drug-likeness (QED) is 0.135. The van der Waals surface area contributed by atoms with E-state index in [0.717, 1.165) is 38.1 Å². The zero-order chi connectivity index (χ0) is 42.3. The number of likely N-dealkylation sites (tertiary alicyclic amines) is 1. The molecule has 0 radical (unpaired) electrons. The van der Waals surface area contributed by atoms with Crippen LogP contribution in [-0.4, -0.2) is 121 Å². The number of anilines is 4. The number of morpholine rings is 1. The van der Waals surface area contributed by atoms with E-state index in [1.807, 2.05) is 4.90 Å². The highest BCUT2D eigenvalue weighted by Gasteiger charge is 2.19. The van der Waals surface area contributed by atoms with Crippen LogP contribution in [0.25, 0.3) is 44.6 Å². The second-order valence-corrected chi connectivity index (χ2v) is 18.0. The van der Waals surface area contributed by atoms with E-state index in [1.54, 1.807) is 30.3 Å². The Bertz CT molecular complexity index is 2520. The third-order valence-electron chi connectivity index (χ3n) is 9.86. The lowest BCUT2D eigenvalue weighted by Crippen LogP contribution is -2.39. The van der Waals surface area contributed by atoms with Gasteiger partial charge in [0.25, 0.3) is 0 Å². The van der Waals surface area contributed by atoms with Crippen molar-refractivity contribution in [1.29, 1.82) is 0 Å². The number of fused-ring (bicyclic) bond motifs is 2. The number of hydrogen-bond acceptors (Lipinski definition) is 15. The van der Waals surface area contributed by atoms with Crippen molar-refractivity contribution in [2.75, 3.05) is 84.9 Å². The number of piperidine rings is 1. The smallest absolute Gasteiger partial charge is 0.233 e. The minimum atomic E-state index is -3.65. The molecule has 60 heavy (non-hydrogen) atoms. The Morgan fingerprint density at radius 1 is 0.600 bits per heavy atom. The van der Waals surface area contributed by atoms with Crippen molar-refractivity contribution in [3.05, 3.63) is 85.0 Å². The Balaban J connectivity index is 0.000000181. The van der Waals surface area contributed by atoms with Gasteiger partial charge in [0.15, 0.2) is 11.6 Å². The number of halogens is 2. The van der Waals surface area contributed by atoms with E-state index in [4.69, 9.17) is 16.2 Å². The first-order chi connectivity index (χ1) is 28.8. The average molecular weight is 863 g/mol. The standard InChI is InChI=1S/C20H23FN6O2S.C19H21FN6O3S/c21-15-10-14(17-4-5-18-19(25-17)20(22)24-13-23-18)11-16(12-15)26-30(28,29)9-8-27-6-2-1-3-7-27;20-14-9-13(16-1-2-17-18(24-16)19(21)23-12-22-17)10-15(11-14)25-30(27,28)8-5-26-3-6-29-7-4-26/h4-5,10-13,26H,1-3,6-9H2,(H2,22,23,24);1-2,9-12,25H,3-8H2,(H2,21,22,23). The molecule has 8 rings (SSSR count). The topological polar surface area (TPSA) is 237 Å². The minimum absolute atomic E-state index is 0.0407. The summed E-state index contributed by atoms with van der Waals surface area (Å²) in [5.41, 5.74) is 15.6. The summed E-state index contributed by atoms with van der Waals surface area (Å²) in [5.74, 6) is -0.862. The Kier molecular flexibility index (Phi) is 13.2. The Morgan fingerprint density at radius 3 is 1.52 bits per heavy atom. The molecule has 2 saturated heterocycles. The third kappa shape index (κ3) is 11.3. The van der Waals surface area contributed by atoms with Crippen LogP contribution < -0.4 is 20.9 Å². The predicted octanol–water partition coefficient (Wildman–Crippen LogP) is 4.13. The van der Waals surface area contributed by atoms with E-state index >= 15 is 0 Å². The number of nitrogens with one attached hydrogen (secondary N) is 2. The number of hydrogen-bond donors (Lipinski definition) is 4. The second kappa shape index (κ2) is 18.7. The number of nitrogen functional groups attached to an aromatic ring is 2. The van der Waals surface area contributed by atoms with Crippen LogP contribution in [-0.2, 0) is 24.8 Å². The molecule has 0 spiro atoms. The zero-order valence-electron chi connectivity index (χ0n) is 32.5. The molecule has 0 atom stereocenters. The molecule has 2 aromatic carbocycles. The number of ether oxygens (including phenoxy) is 1. The van der Waals surface area contributed by atoms with Gasteiger partial charge < -0.3 is 21.1 Å². The summed E-state index contributed by atoms with van der Waals surface area (Å²) >= 11 is 0. The summed E-state index contributed by atoms with van der Waals surface area (Å²) < 4.78 is 88.6. The van der Waals surface area contributed by atoms with Crippen LogP contribution in [0.15, 0.2) is 73.3 Å². The molecule has 2 aliphatic heterocycles. The highest BCUT2D eigenvalue weighted by atomic mass is 32.2. The first kappa shape index (κ1) is 42.4. The van der Waals surface area contributed by atoms with E-state index in [-0.39, 0.29) is 34.5 Å². The molecule has 0 aliphatic carbocycles. The zero-order valence-corrected chi connectivity index (χ0v) is 34.1. The maximum absolute atomic E-state index is 14.2. The van der Waals surface area contributed by atoms with Crippen LogP contribution >= 0.6 is 0 Å². The van der Waals surface area contributed by atoms with Crippen LogP contribution in [0.4, 0.5) is 31.8 Å². The summed E-state index contributed by atoms with van der Waals surface area (Å²) in [6.07, 6.45) is 6.06. The molecule has 6 heterocycles. The summed E-state index contributed by atoms with van der Waals surface area (Å²) in [5, 5.41) is 0. The van der Waals surface area contributed by atoms with Crippen molar-refractivity contribution < 1.29 is 30.4 Å². The maximum atomic E-state index is 14.2. The van der Waals surface area contributed by atoms with Crippen molar-refractivity contribution >= 4 is 65.1 Å². The van der Waals surface area contributed by atoms with Gasteiger partial charge in [-0.2, -0.15) is 0 Å². The Hall–Kier alpha value is -5.74. The van der Waals surface area contributed by atoms with Crippen molar-refractivity contribution in [2.24, 2.45) is 0 Å². The summed E-state index contributed by atoms with van der Waals surface area (Å²) in [4.78, 5) is 29.0. The predicted molar refractivity (Wildman–Crippen MR) is 227 cm³/mol. The van der Waals surface area contributed by atoms with Crippen LogP contribution in [0.3, 0.4) is 0 Å². The molecule has 0 unspecified atom stereocenters. The fourth-order valence-corrected chi connectivity index (χ4v) is 8.95. The summed E-state index contributed by atoms with van der Waals surface area (Å²) in [6, 6.07) is 14.7. The fourth-order valence-electron chi connectivity index (χ4n) is 6.80. The van der Waals surface area contributed by atoms with Gasteiger partial charge >= 0.3 is 0 Å². The highest BCUT2D eigenvalue weighted by Crippen LogP contribution is 2.28. The SMILES string of the molecule is Nc1ncnc2ccc(-c3cc(F)cc(NS(=O)(=O)CCN4CCCCC4)c3)nc12.Nc1ncnc2ccc(-c3cc(F)cc(NS(=O)(=O)CCN4CCOCC4)c3)nc12. The van der Waals surface area contributed by atoms with E-state index in [2.05, 4.69) is 44.2 Å². The maximum Gasteiger partial charge on any atom is 0.233 e. The van der Waals surface area contributed by atoms with Gasteiger partial charge in [0.2, 0.25) is 20.0 Å². The minimum Gasteiger partial charge on any atom is -0.382 e. The lowest BCUT2D eigenvalue weighted by atomic mass is 10.1. The van der Waals surface area contributed by atoms with Crippen molar-refractivity contribution in [1.82, 2.24) is 39.7 Å². The number of aromatic nitrogens is 6. The lowest BCUT2D eigenvalue weighted by molar-refractivity contribution is 0.0408. The van der Waals surface area contributed by atoms with Crippen LogP contribution in [0, 0.1) is 11.6 Å². The largest absolute Gasteiger partial charge is 0.382 e. The van der Waals surface area contributed by atoms with E-state index in [0.29, 0.717) is 84.0 Å². The van der Waals surface area contributed by atoms with Crippen molar-refractivity contribution in [3.63, 3.8) is 0 Å². The number of pyridine rings is 2. The normalized spacial score (nSPS) is 15.4. The van der Waals surface area contributed by atoms with Crippen LogP contribution in [0.1, 0.15) is 19.3 Å². The molecule has 0 saturated carbocycles.